The summed E-state index contributed by atoms with van der Waals surface area (Å²) in [6.07, 6.45) is -4.30. The van der Waals surface area contributed by atoms with E-state index in [-0.39, 0.29) is 11.1 Å². The molecule has 0 radical (unpaired) electrons. The summed E-state index contributed by atoms with van der Waals surface area (Å²) in [6, 6.07) is 10.7. The first-order valence-corrected chi connectivity index (χ1v) is 6.83. The minimum Gasteiger partial charge on any atom is -0.382 e. The number of aliphatic hydroxyl groups is 2. The molecule has 0 aliphatic heterocycles. The Morgan fingerprint density at radius 3 is 1.29 bits per heavy atom. The summed E-state index contributed by atoms with van der Waals surface area (Å²) in [5, 5.41) is 20.4. The molecule has 2 atom stereocenters. The molecule has 0 heterocycles. The normalized spacial score (nSPS) is 14.8. The molecule has 0 fully saturated rings. The highest BCUT2D eigenvalue weighted by atomic mass is 35.5. The molecule has 2 N–H and O–H groups in total. The largest absolute Gasteiger partial charge is 0.382 e. The fourth-order valence-electron chi connectivity index (χ4n) is 1.88. The zero-order valence-electron chi connectivity index (χ0n) is 10.7. The van der Waals surface area contributed by atoms with Crippen molar-refractivity contribution in [2.24, 2.45) is 0 Å². The van der Waals surface area contributed by atoms with Crippen molar-refractivity contribution in [3.63, 3.8) is 0 Å². The predicted octanol–water partition coefficient (Wildman–Crippen LogP) is 4.40. The molecule has 6 heteroatoms. The molecular weight excluding hydrogens is 321 g/mol. The molecule has 2 aromatic carbocycles. The van der Waals surface area contributed by atoms with E-state index in [0.717, 1.165) is 0 Å². The molecule has 2 rings (SSSR count). The Morgan fingerprint density at radius 2 is 1.00 bits per heavy atom. The third-order valence-electron chi connectivity index (χ3n) is 3.10. The zero-order chi connectivity index (χ0) is 15.6. The summed E-state index contributed by atoms with van der Waals surface area (Å²) in [5.41, 5.74) is -0.0603. The third kappa shape index (κ3) is 3.52. The number of hydrogen-bond donors (Lipinski definition) is 2. The quantitative estimate of drug-likeness (QED) is 0.871. The van der Waals surface area contributed by atoms with Crippen LogP contribution >= 0.6 is 23.2 Å². The molecule has 0 bridgehead atoms. The Hall–Kier alpha value is -1.20. The average molecular weight is 333 g/mol. The fraction of sp³-hybridized carbons (Fsp3) is 0.200. The lowest BCUT2D eigenvalue weighted by Gasteiger charge is -2.28. The molecule has 2 unspecified atom stereocenters. The van der Waals surface area contributed by atoms with Crippen LogP contribution in [-0.4, -0.2) is 16.1 Å². The van der Waals surface area contributed by atoms with Crippen molar-refractivity contribution in [3.8, 4) is 0 Å². The van der Waals surface area contributed by atoms with Crippen molar-refractivity contribution in [3.05, 3.63) is 69.7 Å². The summed E-state index contributed by atoms with van der Waals surface area (Å²) in [4.78, 5) is 0. The van der Waals surface area contributed by atoms with Crippen LogP contribution in [0.4, 0.5) is 8.78 Å². The highest BCUT2D eigenvalue weighted by molar-refractivity contribution is 6.30. The predicted molar refractivity (Wildman–Crippen MR) is 77.8 cm³/mol. The molecule has 0 spiro atoms. The minimum atomic E-state index is -3.76. The van der Waals surface area contributed by atoms with Crippen molar-refractivity contribution < 1.29 is 19.0 Å². The van der Waals surface area contributed by atoms with Crippen LogP contribution in [-0.2, 0) is 0 Å². The first-order valence-electron chi connectivity index (χ1n) is 6.07. The Bertz CT molecular complexity index is 547. The molecule has 0 aliphatic rings. The van der Waals surface area contributed by atoms with Crippen LogP contribution < -0.4 is 0 Å². The summed E-state index contributed by atoms with van der Waals surface area (Å²) in [6.45, 7) is 0. The van der Waals surface area contributed by atoms with Gasteiger partial charge in [0.15, 0.2) is 0 Å². The molecule has 0 aromatic heterocycles. The van der Waals surface area contributed by atoms with Crippen molar-refractivity contribution in [1.82, 2.24) is 0 Å². The molecule has 0 saturated heterocycles. The Labute approximate surface area is 130 Å². The van der Waals surface area contributed by atoms with Gasteiger partial charge in [-0.25, -0.2) is 8.78 Å². The first-order chi connectivity index (χ1) is 9.82. The van der Waals surface area contributed by atoms with E-state index >= 15 is 0 Å². The number of benzene rings is 2. The van der Waals surface area contributed by atoms with Gasteiger partial charge < -0.3 is 10.2 Å². The molecule has 0 aliphatic carbocycles. The van der Waals surface area contributed by atoms with Gasteiger partial charge in [0.2, 0.25) is 0 Å². The van der Waals surface area contributed by atoms with Crippen molar-refractivity contribution in [1.29, 1.82) is 0 Å². The van der Waals surface area contributed by atoms with E-state index in [9.17, 15) is 19.0 Å². The monoisotopic (exact) mass is 332 g/mol. The first kappa shape index (κ1) is 16.2. The van der Waals surface area contributed by atoms with Crippen molar-refractivity contribution in [2.45, 2.75) is 18.1 Å². The van der Waals surface area contributed by atoms with E-state index in [1.165, 1.54) is 48.5 Å². The van der Waals surface area contributed by atoms with Crippen LogP contribution in [0, 0.1) is 0 Å². The molecule has 2 aromatic rings. The number of halogens is 4. The third-order valence-corrected chi connectivity index (χ3v) is 3.60. The topological polar surface area (TPSA) is 40.5 Å². The lowest BCUT2D eigenvalue weighted by Crippen LogP contribution is -2.33. The second kappa shape index (κ2) is 6.28. The standard InChI is InChI=1S/C15H12Cl2F2O2/c16-11-5-1-9(2-6-11)13(20)15(18,19)14(21)10-3-7-12(17)8-4-10/h1-8,13-14,20-21H. The van der Waals surface area contributed by atoms with Crippen molar-refractivity contribution >= 4 is 23.2 Å². The van der Waals surface area contributed by atoms with Gasteiger partial charge in [-0.1, -0.05) is 47.5 Å². The summed E-state index contributed by atoms with van der Waals surface area (Å²) in [7, 11) is 0. The molecule has 0 amide bonds. The van der Waals surface area contributed by atoms with Gasteiger partial charge >= 0.3 is 5.92 Å². The smallest absolute Gasteiger partial charge is 0.306 e. The van der Waals surface area contributed by atoms with Gasteiger partial charge in [-0.3, -0.25) is 0 Å². The summed E-state index contributed by atoms with van der Waals surface area (Å²) in [5.74, 6) is -3.76. The number of aliphatic hydroxyl groups excluding tert-OH is 2. The maximum atomic E-state index is 14.2. The highest BCUT2D eigenvalue weighted by Gasteiger charge is 2.47. The van der Waals surface area contributed by atoms with Gasteiger partial charge in [0.05, 0.1) is 0 Å². The van der Waals surface area contributed by atoms with Crippen LogP contribution in [0.1, 0.15) is 23.3 Å². The van der Waals surface area contributed by atoms with E-state index in [2.05, 4.69) is 0 Å². The zero-order valence-corrected chi connectivity index (χ0v) is 12.2. The second-order valence-corrected chi connectivity index (χ2v) is 5.46. The van der Waals surface area contributed by atoms with Crippen LogP contribution in [0.3, 0.4) is 0 Å². The number of rotatable bonds is 4. The summed E-state index contributed by atoms with van der Waals surface area (Å²) >= 11 is 11.3. The van der Waals surface area contributed by atoms with Gasteiger partial charge in [0.1, 0.15) is 12.2 Å². The Balaban J connectivity index is 2.27. The van der Waals surface area contributed by atoms with Gasteiger partial charge in [-0.05, 0) is 35.4 Å². The number of alkyl halides is 2. The lowest BCUT2D eigenvalue weighted by atomic mass is 9.95. The van der Waals surface area contributed by atoms with Gasteiger partial charge in [-0.15, -0.1) is 0 Å². The van der Waals surface area contributed by atoms with Crippen molar-refractivity contribution in [2.75, 3.05) is 0 Å². The number of hydrogen-bond acceptors (Lipinski definition) is 2. The second-order valence-electron chi connectivity index (χ2n) is 4.58. The minimum absolute atomic E-state index is 0.0302. The highest BCUT2D eigenvalue weighted by Crippen LogP contribution is 2.41. The Kier molecular flexibility index (Phi) is 4.84. The van der Waals surface area contributed by atoms with Crippen LogP contribution in [0.5, 0.6) is 0 Å². The maximum Gasteiger partial charge on any atom is 0.306 e. The molecular formula is C15H12Cl2F2O2. The van der Waals surface area contributed by atoms with Gasteiger partial charge in [0, 0.05) is 10.0 Å². The van der Waals surface area contributed by atoms with Crippen LogP contribution in [0.15, 0.2) is 48.5 Å². The summed E-state index contributed by atoms with van der Waals surface area (Å²) < 4.78 is 28.4. The van der Waals surface area contributed by atoms with Gasteiger partial charge in [0.25, 0.3) is 0 Å². The van der Waals surface area contributed by atoms with E-state index in [1.54, 1.807) is 0 Å². The van der Waals surface area contributed by atoms with E-state index < -0.39 is 18.1 Å². The van der Waals surface area contributed by atoms with Gasteiger partial charge in [-0.2, -0.15) is 0 Å². The Morgan fingerprint density at radius 1 is 0.714 bits per heavy atom. The maximum absolute atomic E-state index is 14.2. The average Bonchev–Trinajstić information content (AvgIpc) is 2.47. The molecule has 0 saturated carbocycles. The van der Waals surface area contributed by atoms with Crippen LogP contribution in [0.25, 0.3) is 0 Å². The molecule has 112 valence electrons. The van der Waals surface area contributed by atoms with E-state index in [4.69, 9.17) is 23.2 Å². The van der Waals surface area contributed by atoms with Crippen LogP contribution in [0.2, 0.25) is 10.0 Å². The molecule has 21 heavy (non-hydrogen) atoms. The fourth-order valence-corrected chi connectivity index (χ4v) is 2.14. The molecule has 2 nitrogen and oxygen atoms in total. The SMILES string of the molecule is OC(c1ccc(Cl)cc1)C(F)(F)C(O)c1ccc(Cl)cc1. The van der Waals surface area contributed by atoms with E-state index in [1.807, 2.05) is 0 Å². The lowest BCUT2D eigenvalue weighted by molar-refractivity contribution is -0.181. The van der Waals surface area contributed by atoms with E-state index in [0.29, 0.717) is 10.0 Å².